The number of carbonyl (C=O) groups is 4. The summed E-state index contributed by atoms with van der Waals surface area (Å²) in [7, 11) is 0. The van der Waals surface area contributed by atoms with Gasteiger partial charge in [0.2, 0.25) is 5.91 Å². The topological polar surface area (TPSA) is 119 Å². The zero-order chi connectivity index (χ0) is 23.7. The highest BCUT2D eigenvalue weighted by molar-refractivity contribution is 6.04. The fourth-order valence-electron chi connectivity index (χ4n) is 2.97. The lowest BCUT2D eigenvalue weighted by molar-refractivity contribution is -0.121. The number of hydrogen-bond acceptors (Lipinski definition) is 6. The number of rotatable bonds is 3. The minimum Gasteiger partial charge on any atom is -0.443 e. The zero-order valence-corrected chi connectivity index (χ0v) is 18.5. The van der Waals surface area contributed by atoms with E-state index in [2.05, 4.69) is 0 Å². The van der Waals surface area contributed by atoms with Crippen LogP contribution in [-0.4, -0.2) is 52.7 Å². The van der Waals surface area contributed by atoms with Crippen molar-refractivity contribution < 1.29 is 33.0 Å². The lowest BCUT2D eigenvalue weighted by Crippen LogP contribution is -2.51. The smallest absolute Gasteiger partial charge is 0.420 e. The molecule has 0 bridgehead atoms. The fourth-order valence-corrected chi connectivity index (χ4v) is 2.97. The molecule has 0 aliphatic carbocycles. The van der Waals surface area contributed by atoms with Gasteiger partial charge in [-0.1, -0.05) is 0 Å². The van der Waals surface area contributed by atoms with Gasteiger partial charge < -0.3 is 20.1 Å². The van der Waals surface area contributed by atoms with Crippen LogP contribution in [0.3, 0.4) is 0 Å². The van der Waals surface area contributed by atoms with Gasteiger partial charge in [0.1, 0.15) is 23.1 Å². The molecule has 2 rings (SSSR count). The highest BCUT2D eigenvalue weighted by Crippen LogP contribution is 2.29. The van der Waals surface area contributed by atoms with E-state index in [1.165, 1.54) is 12.1 Å². The summed E-state index contributed by atoms with van der Waals surface area (Å²) in [5, 5.41) is 0. The molecule has 1 aromatic rings. The molecular formula is C21H28FN3O6. The van der Waals surface area contributed by atoms with Gasteiger partial charge in [-0.3, -0.25) is 9.59 Å². The molecule has 1 heterocycles. The third-order valence-electron chi connectivity index (χ3n) is 4.19. The minimum atomic E-state index is -1.24. The number of hydrogen-bond donors (Lipinski definition) is 1. The maximum atomic E-state index is 14.5. The summed E-state index contributed by atoms with van der Waals surface area (Å²) >= 11 is 0. The summed E-state index contributed by atoms with van der Waals surface area (Å²) in [5.74, 6) is -2.31. The standard InChI is InChI=1S/C21H28FN3O6/c1-20(2,3)30-18(28)25(19(29)31-21(4,5)6)15-9-10-24(17(15)27)14-8-7-12(16(23)26)11-13(14)22/h7-8,11,15H,9-10H2,1-6H3,(H2,23,26)/t15-/m0/s1. The highest BCUT2D eigenvalue weighted by atomic mass is 19.1. The Morgan fingerprint density at radius 1 is 1.06 bits per heavy atom. The first-order chi connectivity index (χ1) is 14.1. The molecule has 31 heavy (non-hydrogen) atoms. The Morgan fingerprint density at radius 3 is 2.00 bits per heavy atom. The second-order valence-corrected chi connectivity index (χ2v) is 9.16. The number of carbonyl (C=O) groups excluding carboxylic acids is 4. The maximum Gasteiger partial charge on any atom is 0.420 e. The molecule has 1 atom stereocenters. The van der Waals surface area contributed by atoms with Crippen LogP contribution in [0, 0.1) is 5.82 Å². The summed E-state index contributed by atoms with van der Waals surface area (Å²) in [6.45, 7) is 9.77. The van der Waals surface area contributed by atoms with Gasteiger partial charge in [-0.25, -0.2) is 14.0 Å². The first-order valence-corrected chi connectivity index (χ1v) is 9.76. The average Bonchev–Trinajstić information content (AvgIpc) is 2.93. The van der Waals surface area contributed by atoms with Crippen LogP contribution < -0.4 is 10.6 Å². The molecule has 1 fully saturated rings. The zero-order valence-electron chi connectivity index (χ0n) is 18.5. The molecule has 0 spiro atoms. The number of amides is 4. The Hall–Kier alpha value is -3.17. The number of anilines is 1. The van der Waals surface area contributed by atoms with E-state index in [4.69, 9.17) is 15.2 Å². The quantitative estimate of drug-likeness (QED) is 0.776. The summed E-state index contributed by atoms with van der Waals surface area (Å²) < 4.78 is 25.1. The number of benzene rings is 1. The van der Waals surface area contributed by atoms with Crippen LogP contribution in [0.15, 0.2) is 18.2 Å². The number of primary amides is 1. The molecule has 0 aromatic heterocycles. The number of imide groups is 1. The van der Waals surface area contributed by atoms with Crippen molar-refractivity contribution >= 4 is 29.7 Å². The van der Waals surface area contributed by atoms with Gasteiger partial charge in [0.05, 0.1) is 5.69 Å². The number of nitrogens with zero attached hydrogens (tertiary/aromatic N) is 2. The van der Waals surface area contributed by atoms with Crippen molar-refractivity contribution in [3.8, 4) is 0 Å². The predicted molar refractivity (Wildman–Crippen MR) is 110 cm³/mol. The van der Waals surface area contributed by atoms with E-state index in [0.717, 1.165) is 11.0 Å². The van der Waals surface area contributed by atoms with E-state index >= 15 is 0 Å². The lowest BCUT2D eigenvalue weighted by atomic mass is 10.1. The van der Waals surface area contributed by atoms with Gasteiger partial charge in [0.25, 0.3) is 5.91 Å². The average molecular weight is 437 g/mol. The first-order valence-electron chi connectivity index (χ1n) is 9.76. The van der Waals surface area contributed by atoms with Crippen LogP contribution in [0.2, 0.25) is 0 Å². The number of halogens is 1. The van der Waals surface area contributed by atoms with Crippen molar-refractivity contribution in [3.05, 3.63) is 29.6 Å². The van der Waals surface area contributed by atoms with Crippen molar-refractivity contribution in [1.82, 2.24) is 4.90 Å². The molecule has 10 heteroatoms. The van der Waals surface area contributed by atoms with Crippen LogP contribution in [0.25, 0.3) is 0 Å². The van der Waals surface area contributed by atoms with Gasteiger partial charge in [0.15, 0.2) is 0 Å². The third-order valence-corrected chi connectivity index (χ3v) is 4.19. The van der Waals surface area contributed by atoms with E-state index in [0.29, 0.717) is 4.90 Å². The molecule has 0 unspecified atom stereocenters. The van der Waals surface area contributed by atoms with Crippen LogP contribution in [0.4, 0.5) is 19.7 Å². The molecule has 1 saturated heterocycles. The second-order valence-electron chi connectivity index (χ2n) is 9.16. The van der Waals surface area contributed by atoms with Gasteiger partial charge >= 0.3 is 12.2 Å². The Morgan fingerprint density at radius 2 is 1.58 bits per heavy atom. The molecule has 1 aliphatic rings. The fraction of sp³-hybridized carbons (Fsp3) is 0.524. The third kappa shape index (κ3) is 5.93. The van der Waals surface area contributed by atoms with Crippen molar-refractivity contribution in [2.75, 3.05) is 11.4 Å². The summed E-state index contributed by atoms with van der Waals surface area (Å²) in [6.07, 6.45) is -2.02. The van der Waals surface area contributed by atoms with Crippen molar-refractivity contribution in [2.24, 2.45) is 5.73 Å². The molecule has 170 valence electrons. The Balaban J connectivity index is 2.35. The minimum absolute atomic E-state index is 0.0401. The summed E-state index contributed by atoms with van der Waals surface area (Å²) in [5.41, 5.74) is 3.17. The van der Waals surface area contributed by atoms with E-state index in [-0.39, 0.29) is 24.2 Å². The Bertz CT molecular complexity index is 875. The number of ether oxygens (including phenoxy) is 2. The van der Waals surface area contributed by atoms with Crippen LogP contribution >= 0.6 is 0 Å². The van der Waals surface area contributed by atoms with Crippen LogP contribution in [-0.2, 0) is 14.3 Å². The monoisotopic (exact) mass is 437 g/mol. The predicted octanol–water partition coefficient (Wildman–Crippen LogP) is 3.20. The Kier molecular flexibility index (Phi) is 6.63. The van der Waals surface area contributed by atoms with Crippen LogP contribution in [0.5, 0.6) is 0 Å². The summed E-state index contributed by atoms with van der Waals surface area (Å²) in [6, 6.07) is 2.24. The largest absolute Gasteiger partial charge is 0.443 e. The molecule has 1 aromatic carbocycles. The second kappa shape index (κ2) is 8.52. The maximum absolute atomic E-state index is 14.5. The van der Waals surface area contributed by atoms with Crippen molar-refractivity contribution in [1.29, 1.82) is 0 Å². The molecule has 0 radical (unpaired) electrons. The van der Waals surface area contributed by atoms with E-state index in [1.807, 2.05) is 0 Å². The SMILES string of the molecule is CC(C)(C)OC(=O)N(C(=O)OC(C)(C)C)[C@H]1CCN(c2ccc(C(N)=O)cc2F)C1=O. The summed E-state index contributed by atoms with van der Waals surface area (Å²) in [4.78, 5) is 51.6. The van der Waals surface area contributed by atoms with Gasteiger partial charge in [-0.05, 0) is 66.2 Å². The van der Waals surface area contributed by atoms with Crippen molar-refractivity contribution in [3.63, 3.8) is 0 Å². The lowest BCUT2D eigenvalue weighted by Gasteiger charge is -2.31. The van der Waals surface area contributed by atoms with Crippen molar-refractivity contribution in [2.45, 2.75) is 65.2 Å². The normalized spacial score (nSPS) is 16.8. The van der Waals surface area contributed by atoms with Crippen LogP contribution in [0.1, 0.15) is 58.3 Å². The first kappa shape index (κ1) is 24.1. The Labute approximate surface area is 180 Å². The molecular weight excluding hydrogens is 409 g/mol. The van der Waals surface area contributed by atoms with E-state index in [9.17, 15) is 23.6 Å². The molecule has 2 N–H and O–H groups in total. The van der Waals surface area contributed by atoms with E-state index < -0.39 is 47.1 Å². The van der Waals surface area contributed by atoms with E-state index in [1.54, 1.807) is 41.5 Å². The van der Waals surface area contributed by atoms with Gasteiger partial charge in [-0.15, -0.1) is 0 Å². The van der Waals surface area contributed by atoms with Gasteiger partial charge in [-0.2, -0.15) is 4.90 Å². The molecule has 1 aliphatic heterocycles. The number of nitrogens with two attached hydrogens (primary N) is 1. The molecule has 4 amide bonds. The molecule has 0 saturated carbocycles. The highest BCUT2D eigenvalue weighted by Gasteiger charge is 2.45. The molecule has 9 nitrogen and oxygen atoms in total. The van der Waals surface area contributed by atoms with Gasteiger partial charge in [0, 0.05) is 12.1 Å².